The zero-order valence-electron chi connectivity index (χ0n) is 3.27. The van der Waals surface area contributed by atoms with Gasteiger partial charge in [-0.15, -0.1) is 0 Å². The lowest BCUT2D eigenvalue weighted by molar-refractivity contribution is 0.163. The van der Waals surface area contributed by atoms with Crippen molar-refractivity contribution in [1.29, 1.82) is 0 Å². The third-order valence-corrected chi connectivity index (χ3v) is 1.04. The highest BCUT2D eigenvalue weighted by Gasteiger charge is 2.31. The topological polar surface area (TPSA) is 19.9 Å². The molecule has 29 valence electrons. The van der Waals surface area contributed by atoms with Crippen LogP contribution in [-0.2, 0) is 5.11 Å². The number of hydrogen-bond donors (Lipinski definition) is 0. The molecule has 1 aliphatic carbocycles. The van der Waals surface area contributed by atoms with Gasteiger partial charge < -0.3 is 0 Å². The molecule has 0 bridgehead atoms. The molecule has 5 heavy (non-hydrogen) atoms. The van der Waals surface area contributed by atoms with Gasteiger partial charge in [0.2, 0.25) is 0 Å². The molecule has 0 aliphatic heterocycles. The highest BCUT2D eigenvalue weighted by atomic mass is 16.3. The smallest absolute Gasteiger partial charge is 0.0960 e. The minimum Gasteiger partial charge on any atom is -0.233 e. The fourth-order valence-corrected chi connectivity index (χ4v) is 0.288. The Kier molecular flexibility index (Phi) is 0.453. The van der Waals surface area contributed by atoms with Gasteiger partial charge in [0.1, 0.15) is 0 Å². The van der Waals surface area contributed by atoms with Crippen molar-refractivity contribution in [3.63, 3.8) is 0 Å². The summed E-state index contributed by atoms with van der Waals surface area (Å²) in [5.74, 6) is 0.495. The lowest BCUT2D eigenvalue weighted by atomic mass is 10.5. The van der Waals surface area contributed by atoms with E-state index in [-0.39, 0.29) is 6.10 Å². The molecule has 0 aromatic rings. The fourth-order valence-electron chi connectivity index (χ4n) is 0.288. The summed E-state index contributed by atoms with van der Waals surface area (Å²) in [4.78, 5) is 0. The van der Waals surface area contributed by atoms with Gasteiger partial charge >= 0.3 is 0 Å². The van der Waals surface area contributed by atoms with Gasteiger partial charge in [-0.1, -0.05) is 6.92 Å². The van der Waals surface area contributed by atoms with Gasteiger partial charge in [0, 0.05) is 0 Å². The van der Waals surface area contributed by atoms with Crippen molar-refractivity contribution in [3.05, 3.63) is 0 Å². The maximum absolute atomic E-state index is 9.97. The number of rotatable bonds is 0. The van der Waals surface area contributed by atoms with Gasteiger partial charge in [-0.05, 0) is 12.3 Å². The first-order valence-electron chi connectivity index (χ1n) is 1.96. The SMILES string of the molecule is CC1CC1[O]. The molecule has 2 atom stereocenters. The molecule has 1 fully saturated rings. The zero-order valence-corrected chi connectivity index (χ0v) is 3.27. The Morgan fingerprint density at radius 1 is 1.80 bits per heavy atom. The Bertz CT molecular complexity index is 36.9. The van der Waals surface area contributed by atoms with Gasteiger partial charge in [-0.3, -0.25) is 0 Å². The summed E-state index contributed by atoms with van der Waals surface area (Å²) in [6.45, 7) is 1.98. The molecule has 0 saturated heterocycles. The maximum Gasteiger partial charge on any atom is 0.0960 e. The number of hydrogen-bond acceptors (Lipinski definition) is 0. The van der Waals surface area contributed by atoms with E-state index in [1.54, 1.807) is 0 Å². The second-order valence-corrected chi connectivity index (χ2v) is 1.75. The van der Waals surface area contributed by atoms with Crippen LogP contribution in [0.25, 0.3) is 0 Å². The predicted octanol–water partition coefficient (Wildman–Crippen LogP) is 0.825. The molecule has 1 rings (SSSR count). The molecule has 1 nitrogen and oxygen atoms in total. The van der Waals surface area contributed by atoms with Crippen LogP contribution in [0.3, 0.4) is 0 Å². The van der Waals surface area contributed by atoms with E-state index in [2.05, 4.69) is 0 Å². The summed E-state index contributed by atoms with van der Waals surface area (Å²) >= 11 is 0. The van der Waals surface area contributed by atoms with Crippen molar-refractivity contribution in [2.24, 2.45) is 5.92 Å². The van der Waals surface area contributed by atoms with Gasteiger partial charge in [0.25, 0.3) is 0 Å². The molecular weight excluding hydrogens is 64.0 g/mol. The van der Waals surface area contributed by atoms with E-state index in [4.69, 9.17) is 0 Å². The van der Waals surface area contributed by atoms with Crippen LogP contribution in [0.15, 0.2) is 0 Å². The van der Waals surface area contributed by atoms with Crippen LogP contribution in [0.5, 0.6) is 0 Å². The molecule has 0 aromatic heterocycles. The van der Waals surface area contributed by atoms with Crippen LogP contribution in [0.4, 0.5) is 0 Å². The minimum absolute atomic E-state index is 0.199. The average Bonchev–Trinajstić information content (AvgIpc) is 1.79. The lowest BCUT2D eigenvalue weighted by Crippen LogP contribution is -1.71. The van der Waals surface area contributed by atoms with Crippen LogP contribution in [0.2, 0.25) is 0 Å². The summed E-state index contributed by atoms with van der Waals surface area (Å²) in [6.07, 6.45) is 0.718. The molecule has 1 radical (unpaired) electrons. The van der Waals surface area contributed by atoms with Gasteiger partial charge in [-0.25, -0.2) is 5.11 Å². The zero-order chi connectivity index (χ0) is 3.86. The van der Waals surface area contributed by atoms with Gasteiger partial charge in [0.15, 0.2) is 0 Å². The second-order valence-electron chi connectivity index (χ2n) is 1.75. The largest absolute Gasteiger partial charge is 0.233 e. The summed E-state index contributed by atoms with van der Waals surface area (Å²) < 4.78 is 0. The summed E-state index contributed by atoms with van der Waals surface area (Å²) in [5, 5.41) is 9.97. The summed E-state index contributed by atoms with van der Waals surface area (Å²) in [6, 6.07) is 0. The predicted molar refractivity (Wildman–Crippen MR) is 18.3 cm³/mol. The molecule has 0 heterocycles. The first-order chi connectivity index (χ1) is 2.30. The lowest BCUT2D eigenvalue weighted by Gasteiger charge is -1.63. The fraction of sp³-hybridized carbons (Fsp3) is 1.00. The van der Waals surface area contributed by atoms with E-state index >= 15 is 0 Å². The quantitative estimate of drug-likeness (QED) is 0.403. The van der Waals surface area contributed by atoms with Crippen LogP contribution in [0.1, 0.15) is 13.3 Å². The van der Waals surface area contributed by atoms with Crippen molar-refractivity contribution in [2.75, 3.05) is 0 Å². The molecule has 0 spiro atoms. The van der Waals surface area contributed by atoms with E-state index in [9.17, 15) is 5.11 Å². The Morgan fingerprint density at radius 2 is 2.00 bits per heavy atom. The van der Waals surface area contributed by atoms with Gasteiger partial charge in [0.05, 0.1) is 6.10 Å². The standard InChI is InChI=1S/C4H7O/c1-3-2-4(3)5/h3-4H,2H2,1H3. The Balaban J connectivity index is 2.20. The molecular formula is C4H7O. The van der Waals surface area contributed by atoms with E-state index in [0.29, 0.717) is 5.92 Å². The van der Waals surface area contributed by atoms with E-state index in [1.165, 1.54) is 0 Å². The van der Waals surface area contributed by atoms with E-state index < -0.39 is 0 Å². The minimum atomic E-state index is -0.199. The molecule has 1 heteroatoms. The van der Waals surface area contributed by atoms with E-state index in [1.807, 2.05) is 6.92 Å². The third-order valence-electron chi connectivity index (χ3n) is 1.04. The van der Waals surface area contributed by atoms with Gasteiger partial charge in [-0.2, -0.15) is 0 Å². The highest BCUT2D eigenvalue weighted by Crippen LogP contribution is 2.28. The maximum atomic E-state index is 9.97. The van der Waals surface area contributed by atoms with E-state index in [0.717, 1.165) is 6.42 Å². The summed E-state index contributed by atoms with van der Waals surface area (Å²) in [7, 11) is 0. The van der Waals surface area contributed by atoms with Crippen molar-refractivity contribution >= 4 is 0 Å². The molecule has 1 aliphatic rings. The van der Waals surface area contributed by atoms with Crippen molar-refractivity contribution in [2.45, 2.75) is 19.4 Å². The van der Waals surface area contributed by atoms with Crippen molar-refractivity contribution in [3.8, 4) is 0 Å². The monoisotopic (exact) mass is 71.0 g/mol. The normalized spacial score (nSPS) is 49.2. The van der Waals surface area contributed by atoms with Crippen LogP contribution < -0.4 is 0 Å². The van der Waals surface area contributed by atoms with Crippen molar-refractivity contribution in [1.82, 2.24) is 0 Å². The Hall–Kier alpha value is -0.0400. The average molecular weight is 71.1 g/mol. The van der Waals surface area contributed by atoms with Crippen molar-refractivity contribution < 1.29 is 5.11 Å². The molecule has 0 N–H and O–H groups in total. The highest BCUT2D eigenvalue weighted by molar-refractivity contribution is 4.80. The van der Waals surface area contributed by atoms with Crippen LogP contribution >= 0.6 is 0 Å². The first kappa shape index (κ1) is 3.16. The second kappa shape index (κ2) is 0.716. The molecule has 1 saturated carbocycles. The molecule has 0 amide bonds. The molecule has 0 aromatic carbocycles. The Labute approximate surface area is 31.6 Å². The molecule has 2 unspecified atom stereocenters. The van der Waals surface area contributed by atoms with Crippen LogP contribution in [0, 0.1) is 5.92 Å². The third kappa shape index (κ3) is 0.428. The summed E-state index contributed by atoms with van der Waals surface area (Å²) in [5.41, 5.74) is 0. The first-order valence-corrected chi connectivity index (χ1v) is 1.96. The Morgan fingerprint density at radius 3 is 2.00 bits per heavy atom. The van der Waals surface area contributed by atoms with Crippen LogP contribution in [-0.4, -0.2) is 6.10 Å².